The van der Waals surface area contributed by atoms with Crippen molar-refractivity contribution in [2.75, 3.05) is 12.4 Å². The summed E-state index contributed by atoms with van der Waals surface area (Å²) >= 11 is 1.28. The molecule has 0 aliphatic rings. The standard InChI is InChI=1S/C16H16N2O4S/c19-13(10-20-9-12-5-2-1-3-6-12)11-23-16-18-17-15(22-16)14-7-4-8-21-14/h1-8,13,19H,9-11H2. The van der Waals surface area contributed by atoms with Gasteiger partial charge in [-0.25, -0.2) is 0 Å². The highest BCUT2D eigenvalue weighted by atomic mass is 32.2. The van der Waals surface area contributed by atoms with Crippen LogP contribution >= 0.6 is 11.8 Å². The number of aromatic nitrogens is 2. The molecule has 0 saturated heterocycles. The van der Waals surface area contributed by atoms with Crippen LogP contribution in [0, 0.1) is 0 Å². The van der Waals surface area contributed by atoms with Crippen molar-refractivity contribution in [3.63, 3.8) is 0 Å². The largest absolute Gasteiger partial charge is 0.459 e. The number of aliphatic hydroxyl groups is 1. The molecule has 120 valence electrons. The zero-order valence-electron chi connectivity index (χ0n) is 12.3. The number of rotatable bonds is 8. The Morgan fingerprint density at radius 2 is 2.00 bits per heavy atom. The van der Waals surface area contributed by atoms with Crippen LogP contribution in [0.15, 0.2) is 62.8 Å². The molecule has 2 aromatic heterocycles. The molecule has 0 radical (unpaired) electrons. The third kappa shape index (κ3) is 4.69. The Morgan fingerprint density at radius 1 is 1.13 bits per heavy atom. The second kappa shape index (κ2) is 7.96. The molecular weight excluding hydrogens is 316 g/mol. The molecule has 0 aliphatic carbocycles. The van der Waals surface area contributed by atoms with Crippen LogP contribution in [0.4, 0.5) is 0 Å². The zero-order valence-corrected chi connectivity index (χ0v) is 13.1. The summed E-state index contributed by atoms with van der Waals surface area (Å²) in [6.07, 6.45) is 0.933. The van der Waals surface area contributed by atoms with Crippen LogP contribution in [0.3, 0.4) is 0 Å². The van der Waals surface area contributed by atoms with E-state index in [0.717, 1.165) is 5.56 Å². The lowest BCUT2D eigenvalue weighted by atomic mass is 10.2. The number of aliphatic hydroxyl groups excluding tert-OH is 1. The Morgan fingerprint density at radius 3 is 2.78 bits per heavy atom. The van der Waals surface area contributed by atoms with Crippen molar-refractivity contribution in [3.05, 3.63) is 54.3 Å². The van der Waals surface area contributed by atoms with Crippen molar-refractivity contribution in [3.8, 4) is 11.7 Å². The first-order valence-corrected chi connectivity index (χ1v) is 8.10. The van der Waals surface area contributed by atoms with Gasteiger partial charge in [0.2, 0.25) is 0 Å². The van der Waals surface area contributed by atoms with Crippen molar-refractivity contribution < 1.29 is 18.7 Å². The molecule has 23 heavy (non-hydrogen) atoms. The molecule has 0 bridgehead atoms. The summed E-state index contributed by atoms with van der Waals surface area (Å²) < 4.78 is 16.1. The summed E-state index contributed by atoms with van der Waals surface area (Å²) in [5, 5.41) is 18.1. The van der Waals surface area contributed by atoms with Crippen LogP contribution in [0.5, 0.6) is 0 Å². The predicted molar refractivity (Wildman–Crippen MR) is 84.8 cm³/mol. The van der Waals surface area contributed by atoms with Gasteiger partial charge in [-0.3, -0.25) is 0 Å². The van der Waals surface area contributed by atoms with E-state index in [4.69, 9.17) is 13.6 Å². The van der Waals surface area contributed by atoms with Crippen LogP contribution in [0.1, 0.15) is 5.56 Å². The molecule has 1 atom stereocenters. The molecule has 0 amide bonds. The van der Waals surface area contributed by atoms with E-state index in [1.54, 1.807) is 18.4 Å². The third-order valence-corrected chi connectivity index (χ3v) is 3.92. The zero-order chi connectivity index (χ0) is 15.9. The van der Waals surface area contributed by atoms with Gasteiger partial charge in [-0.15, -0.1) is 10.2 Å². The quantitative estimate of drug-likeness (QED) is 0.635. The molecular formula is C16H16N2O4S. The monoisotopic (exact) mass is 332 g/mol. The summed E-state index contributed by atoms with van der Waals surface area (Å²) in [5.41, 5.74) is 1.08. The van der Waals surface area contributed by atoms with E-state index in [-0.39, 0.29) is 6.61 Å². The molecule has 1 aromatic carbocycles. The normalized spacial score (nSPS) is 12.4. The van der Waals surface area contributed by atoms with Crippen molar-refractivity contribution in [2.45, 2.75) is 17.9 Å². The highest BCUT2D eigenvalue weighted by molar-refractivity contribution is 7.99. The molecule has 0 fully saturated rings. The molecule has 3 rings (SSSR count). The number of thioether (sulfide) groups is 1. The molecule has 6 nitrogen and oxygen atoms in total. The van der Waals surface area contributed by atoms with Gasteiger partial charge in [-0.2, -0.15) is 0 Å². The number of hydrogen-bond donors (Lipinski definition) is 1. The maximum Gasteiger partial charge on any atom is 0.284 e. The van der Waals surface area contributed by atoms with Crippen molar-refractivity contribution in [1.82, 2.24) is 10.2 Å². The molecule has 2 heterocycles. The lowest BCUT2D eigenvalue weighted by molar-refractivity contribution is 0.0397. The summed E-state index contributed by atoms with van der Waals surface area (Å²) in [7, 11) is 0. The van der Waals surface area contributed by atoms with Gasteiger partial charge in [-0.1, -0.05) is 42.1 Å². The van der Waals surface area contributed by atoms with Gasteiger partial charge < -0.3 is 18.7 Å². The summed E-state index contributed by atoms with van der Waals surface area (Å²) in [6.45, 7) is 0.729. The first-order valence-electron chi connectivity index (χ1n) is 7.11. The molecule has 7 heteroatoms. The second-order valence-electron chi connectivity index (χ2n) is 4.82. The minimum Gasteiger partial charge on any atom is -0.459 e. The Kier molecular flexibility index (Phi) is 5.46. The first kappa shape index (κ1) is 15.8. The Hall–Kier alpha value is -2.09. The average Bonchev–Trinajstić information content (AvgIpc) is 3.25. The van der Waals surface area contributed by atoms with Crippen LogP contribution in [-0.4, -0.2) is 33.8 Å². The Bertz CT molecular complexity index is 700. The maximum absolute atomic E-state index is 9.93. The van der Waals surface area contributed by atoms with Gasteiger partial charge in [0.25, 0.3) is 11.1 Å². The fourth-order valence-electron chi connectivity index (χ4n) is 1.87. The number of furan rings is 1. The fourth-order valence-corrected chi connectivity index (χ4v) is 2.54. The summed E-state index contributed by atoms with van der Waals surface area (Å²) in [5.74, 6) is 1.26. The lowest BCUT2D eigenvalue weighted by Gasteiger charge is -2.09. The Balaban J connectivity index is 1.40. The number of hydrogen-bond acceptors (Lipinski definition) is 7. The molecule has 3 aromatic rings. The fraction of sp³-hybridized carbons (Fsp3) is 0.250. The summed E-state index contributed by atoms with van der Waals surface area (Å²) in [4.78, 5) is 0. The van der Waals surface area contributed by atoms with E-state index in [1.807, 2.05) is 30.3 Å². The highest BCUT2D eigenvalue weighted by Crippen LogP contribution is 2.23. The van der Waals surface area contributed by atoms with Crippen molar-refractivity contribution >= 4 is 11.8 Å². The minimum absolute atomic E-state index is 0.251. The van der Waals surface area contributed by atoms with E-state index in [2.05, 4.69) is 10.2 Å². The van der Waals surface area contributed by atoms with Gasteiger partial charge in [-0.05, 0) is 17.7 Å². The minimum atomic E-state index is -0.609. The van der Waals surface area contributed by atoms with Gasteiger partial charge in [0, 0.05) is 5.75 Å². The van der Waals surface area contributed by atoms with E-state index in [9.17, 15) is 5.11 Å². The molecule has 0 aliphatic heterocycles. The van der Waals surface area contributed by atoms with Crippen LogP contribution in [-0.2, 0) is 11.3 Å². The molecule has 0 saturated carbocycles. The van der Waals surface area contributed by atoms with E-state index in [0.29, 0.717) is 29.2 Å². The van der Waals surface area contributed by atoms with E-state index in [1.165, 1.54) is 11.8 Å². The van der Waals surface area contributed by atoms with Gasteiger partial charge in [0.1, 0.15) is 0 Å². The van der Waals surface area contributed by atoms with Gasteiger partial charge in [0.05, 0.1) is 25.6 Å². The molecule has 1 unspecified atom stereocenters. The predicted octanol–water partition coefficient (Wildman–Crippen LogP) is 3.00. The maximum atomic E-state index is 9.93. The highest BCUT2D eigenvalue weighted by Gasteiger charge is 2.13. The number of nitrogens with zero attached hydrogens (tertiary/aromatic N) is 2. The van der Waals surface area contributed by atoms with Crippen molar-refractivity contribution in [1.29, 1.82) is 0 Å². The van der Waals surface area contributed by atoms with E-state index < -0.39 is 6.10 Å². The summed E-state index contributed by atoms with van der Waals surface area (Å²) in [6, 6.07) is 13.3. The first-order chi connectivity index (χ1) is 11.3. The van der Waals surface area contributed by atoms with E-state index >= 15 is 0 Å². The topological polar surface area (TPSA) is 81.5 Å². The smallest absolute Gasteiger partial charge is 0.284 e. The van der Waals surface area contributed by atoms with Crippen molar-refractivity contribution in [2.24, 2.45) is 0 Å². The third-order valence-electron chi connectivity index (χ3n) is 2.96. The van der Waals surface area contributed by atoms with Crippen LogP contribution in [0.25, 0.3) is 11.7 Å². The lowest BCUT2D eigenvalue weighted by Crippen LogP contribution is -2.17. The van der Waals surface area contributed by atoms with Gasteiger partial charge in [0.15, 0.2) is 5.76 Å². The molecule has 1 N–H and O–H groups in total. The van der Waals surface area contributed by atoms with Crippen LogP contribution in [0.2, 0.25) is 0 Å². The number of benzene rings is 1. The SMILES string of the molecule is OC(COCc1ccccc1)CSc1nnc(-c2ccco2)o1. The number of ether oxygens (including phenoxy) is 1. The molecule has 0 spiro atoms. The Labute approximate surface area is 137 Å². The van der Waals surface area contributed by atoms with Crippen LogP contribution < -0.4 is 0 Å². The second-order valence-corrected chi connectivity index (χ2v) is 5.79. The van der Waals surface area contributed by atoms with Gasteiger partial charge >= 0.3 is 0 Å². The average molecular weight is 332 g/mol.